The Bertz CT molecular complexity index is 871. The molecule has 1 aromatic heterocycles. The fourth-order valence-electron chi connectivity index (χ4n) is 2.94. The smallest absolute Gasteiger partial charge is 0.330 e. The minimum atomic E-state index is -0.463. The molecule has 0 aliphatic heterocycles. The van der Waals surface area contributed by atoms with Crippen molar-refractivity contribution in [2.45, 2.75) is 40.8 Å². The second kappa shape index (κ2) is 8.58. The number of hydrogen-bond acceptors (Lipinski definition) is 4. The van der Waals surface area contributed by atoms with E-state index in [-0.39, 0.29) is 11.7 Å². The van der Waals surface area contributed by atoms with Crippen LogP contribution in [-0.2, 0) is 13.1 Å². The molecule has 6 nitrogen and oxygen atoms in total. The Morgan fingerprint density at radius 2 is 1.81 bits per heavy atom. The van der Waals surface area contributed by atoms with Crippen LogP contribution in [0.2, 0.25) is 0 Å². The van der Waals surface area contributed by atoms with Crippen molar-refractivity contribution in [2.75, 3.05) is 17.2 Å². The Balaban J connectivity index is 2.56. The molecular formula is C19H27BrN4O2. The second-order valence-electron chi connectivity index (χ2n) is 7.36. The lowest BCUT2D eigenvalue weighted by molar-refractivity contribution is 0.505. The van der Waals surface area contributed by atoms with E-state index < -0.39 is 11.2 Å². The van der Waals surface area contributed by atoms with Gasteiger partial charge in [-0.15, -0.1) is 0 Å². The molecule has 1 aromatic carbocycles. The van der Waals surface area contributed by atoms with Crippen LogP contribution in [-0.4, -0.2) is 16.1 Å². The quantitative estimate of drug-likeness (QED) is 0.717. The number of nitrogens with two attached hydrogens (primary N) is 1. The molecule has 7 heteroatoms. The third-order valence-corrected chi connectivity index (χ3v) is 4.76. The molecule has 0 unspecified atom stereocenters. The average molecular weight is 423 g/mol. The van der Waals surface area contributed by atoms with Gasteiger partial charge in [-0.3, -0.25) is 14.3 Å². The predicted molar refractivity (Wildman–Crippen MR) is 111 cm³/mol. The van der Waals surface area contributed by atoms with Crippen LogP contribution >= 0.6 is 15.9 Å². The highest BCUT2D eigenvalue weighted by Gasteiger charge is 2.21. The van der Waals surface area contributed by atoms with Gasteiger partial charge in [0.1, 0.15) is 11.5 Å². The zero-order valence-corrected chi connectivity index (χ0v) is 17.3. The third kappa shape index (κ3) is 4.78. The Kier molecular flexibility index (Phi) is 6.69. The number of nitrogen functional groups attached to an aromatic ring is 1. The number of benzene rings is 1. The van der Waals surface area contributed by atoms with Gasteiger partial charge in [-0.05, 0) is 23.5 Å². The van der Waals surface area contributed by atoms with Crippen LogP contribution in [0.1, 0.15) is 33.3 Å². The number of rotatable bonds is 7. The summed E-state index contributed by atoms with van der Waals surface area (Å²) in [5.74, 6) is 0.775. The molecule has 0 amide bonds. The van der Waals surface area contributed by atoms with E-state index in [0.717, 1.165) is 10.0 Å². The number of H-pyrrole nitrogens is 1. The van der Waals surface area contributed by atoms with E-state index >= 15 is 0 Å². The minimum absolute atomic E-state index is 0.222. The van der Waals surface area contributed by atoms with E-state index in [2.05, 4.69) is 34.8 Å². The Morgan fingerprint density at radius 1 is 1.15 bits per heavy atom. The maximum atomic E-state index is 12.6. The normalized spacial score (nSPS) is 11.3. The molecule has 0 spiro atoms. The Labute approximate surface area is 162 Å². The lowest BCUT2D eigenvalue weighted by Crippen LogP contribution is -2.40. The molecule has 0 atom stereocenters. The van der Waals surface area contributed by atoms with Crippen LogP contribution in [0.3, 0.4) is 0 Å². The fraction of sp³-hybridized carbons (Fsp3) is 0.474. The lowest BCUT2D eigenvalue weighted by Gasteiger charge is -2.28. The zero-order chi connectivity index (χ0) is 19.4. The van der Waals surface area contributed by atoms with Crippen molar-refractivity contribution in [1.29, 1.82) is 0 Å². The Hall–Kier alpha value is -2.02. The molecule has 0 saturated carbocycles. The van der Waals surface area contributed by atoms with Crippen molar-refractivity contribution in [3.8, 4) is 0 Å². The summed E-state index contributed by atoms with van der Waals surface area (Å²) in [6.07, 6.45) is 0. The number of aromatic amines is 1. The largest absolute Gasteiger partial charge is 0.383 e. The van der Waals surface area contributed by atoms with Gasteiger partial charge in [0.2, 0.25) is 0 Å². The van der Waals surface area contributed by atoms with E-state index in [0.29, 0.717) is 31.2 Å². The lowest BCUT2D eigenvalue weighted by atomic mass is 10.1. The third-order valence-electron chi connectivity index (χ3n) is 3.98. The topological polar surface area (TPSA) is 84.1 Å². The monoisotopic (exact) mass is 422 g/mol. The molecule has 0 saturated heterocycles. The molecule has 26 heavy (non-hydrogen) atoms. The van der Waals surface area contributed by atoms with Crippen LogP contribution in [0, 0.1) is 11.8 Å². The molecule has 1 heterocycles. The van der Waals surface area contributed by atoms with Gasteiger partial charge in [-0.2, -0.15) is 0 Å². The summed E-state index contributed by atoms with van der Waals surface area (Å²) in [7, 11) is 0. The number of anilines is 2. The molecule has 2 rings (SSSR count). The number of hydrogen-bond donors (Lipinski definition) is 2. The molecule has 0 radical (unpaired) electrons. The van der Waals surface area contributed by atoms with Crippen LogP contribution in [0.5, 0.6) is 0 Å². The summed E-state index contributed by atoms with van der Waals surface area (Å²) >= 11 is 3.56. The maximum absolute atomic E-state index is 12.6. The van der Waals surface area contributed by atoms with Gasteiger partial charge in [0, 0.05) is 24.1 Å². The van der Waals surface area contributed by atoms with Gasteiger partial charge in [0.15, 0.2) is 0 Å². The first-order chi connectivity index (χ1) is 12.2. The molecule has 0 aliphatic rings. The maximum Gasteiger partial charge on any atom is 0.330 e. The zero-order valence-electron chi connectivity index (χ0n) is 15.8. The number of nitrogens with one attached hydrogen (secondary N) is 1. The van der Waals surface area contributed by atoms with E-state index in [1.807, 2.05) is 43.0 Å². The first kappa shape index (κ1) is 20.3. The van der Waals surface area contributed by atoms with Gasteiger partial charge >= 0.3 is 5.69 Å². The van der Waals surface area contributed by atoms with Gasteiger partial charge < -0.3 is 10.6 Å². The van der Waals surface area contributed by atoms with Crippen molar-refractivity contribution in [3.63, 3.8) is 0 Å². The first-order valence-corrected chi connectivity index (χ1v) is 9.61. The highest BCUT2D eigenvalue weighted by atomic mass is 79.9. The standard InChI is InChI=1S/C19H27BrN4O2/c1-12(2)9-23(11-14-7-5-6-8-15(14)20)16-17(21)24(10-13(3)4)19(26)22-18(16)25/h5-8,12-13H,9-11,21H2,1-4H3,(H,22,25,26). The molecule has 0 bridgehead atoms. The minimum Gasteiger partial charge on any atom is -0.383 e. The second-order valence-corrected chi connectivity index (χ2v) is 8.22. The van der Waals surface area contributed by atoms with Gasteiger partial charge in [0.05, 0.1) is 0 Å². The summed E-state index contributed by atoms with van der Waals surface area (Å²) in [6, 6.07) is 7.88. The van der Waals surface area contributed by atoms with E-state index in [4.69, 9.17) is 5.73 Å². The van der Waals surface area contributed by atoms with E-state index in [9.17, 15) is 9.59 Å². The summed E-state index contributed by atoms with van der Waals surface area (Å²) in [5, 5.41) is 0. The summed E-state index contributed by atoms with van der Waals surface area (Å²) in [5.41, 5.74) is 6.79. The SMILES string of the molecule is CC(C)CN(Cc1ccccc1Br)c1c(N)n(CC(C)C)c(=O)[nH]c1=O. The van der Waals surface area contributed by atoms with Crippen LogP contribution in [0.25, 0.3) is 0 Å². The van der Waals surface area contributed by atoms with Crippen molar-refractivity contribution >= 4 is 27.4 Å². The van der Waals surface area contributed by atoms with Crippen LogP contribution in [0.4, 0.5) is 11.5 Å². The van der Waals surface area contributed by atoms with Crippen molar-refractivity contribution < 1.29 is 0 Å². The first-order valence-electron chi connectivity index (χ1n) is 8.81. The molecule has 142 valence electrons. The molecule has 2 aromatic rings. The highest BCUT2D eigenvalue weighted by Crippen LogP contribution is 2.24. The summed E-state index contributed by atoms with van der Waals surface area (Å²) < 4.78 is 2.42. The molecular weight excluding hydrogens is 396 g/mol. The van der Waals surface area contributed by atoms with Gasteiger partial charge in [-0.1, -0.05) is 61.8 Å². The predicted octanol–water partition coefficient (Wildman–Crippen LogP) is 3.20. The fourth-order valence-corrected chi connectivity index (χ4v) is 3.35. The van der Waals surface area contributed by atoms with E-state index in [1.54, 1.807) is 0 Å². The van der Waals surface area contributed by atoms with Gasteiger partial charge in [-0.25, -0.2) is 4.79 Å². The van der Waals surface area contributed by atoms with Crippen LogP contribution < -0.4 is 21.9 Å². The van der Waals surface area contributed by atoms with Crippen molar-refractivity contribution in [2.24, 2.45) is 11.8 Å². The average Bonchev–Trinajstić information content (AvgIpc) is 2.52. The number of nitrogens with zero attached hydrogens (tertiary/aromatic N) is 2. The number of aromatic nitrogens is 2. The summed E-state index contributed by atoms with van der Waals surface area (Å²) in [6.45, 7) is 9.80. The van der Waals surface area contributed by atoms with Crippen molar-refractivity contribution in [3.05, 3.63) is 55.1 Å². The summed E-state index contributed by atoms with van der Waals surface area (Å²) in [4.78, 5) is 29.2. The number of halogens is 1. The molecule has 0 aliphatic carbocycles. The molecule has 0 fully saturated rings. The Morgan fingerprint density at radius 3 is 2.38 bits per heavy atom. The molecule has 3 N–H and O–H groups in total. The van der Waals surface area contributed by atoms with E-state index in [1.165, 1.54) is 4.57 Å². The van der Waals surface area contributed by atoms with Crippen molar-refractivity contribution in [1.82, 2.24) is 9.55 Å². The highest BCUT2D eigenvalue weighted by molar-refractivity contribution is 9.10. The van der Waals surface area contributed by atoms with Crippen LogP contribution in [0.15, 0.2) is 38.3 Å². The van der Waals surface area contributed by atoms with Gasteiger partial charge in [0.25, 0.3) is 5.56 Å².